The zero-order chi connectivity index (χ0) is 12.5. The van der Waals surface area contributed by atoms with Gasteiger partial charge in [-0.25, -0.2) is 0 Å². The molecule has 0 amide bonds. The van der Waals surface area contributed by atoms with Crippen molar-refractivity contribution in [1.29, 1.82) is 0 Å². The lowest BCUT2D eigenvalue weighted by atomic mass is 9.85. The number of carbonyl (C=O) groups is 1. The second kappa shape index (κ2) is 4.61. The number of carboxylic acid groups (broad SMARTS) is 1. The van der Waals surface area contributed by atoms with Gasteiger partial charge in [0.1, 0.15) is 0 Å². The highest BCUT2D eigenvalue weighted by molar-refractivity contribution is 5.71. The molecule has 1 fully saturated rings. The Morgan fingerprint density at radius 1 is 1.33 bits per heavy atom. The van der Waals surface area contributed by atoms with Crippen LogP contribution in [0.25, 0.3) is 0 Å². The van der Waals surface area contributed by atoms with E-state index in [0.717, 1.165) is 31.5 Å². The topological polar surface area (TPSA) is 61.4 Å². The number of hydrogen-bond acceptors (Lipinski definition) is 3. The van der Waals surface area contributed by atoms with Gasteiger partial charge in [-0.15, -0.1) is 0 Å². The first-order valence-corrected chi connectivity index (χ1v) is 6.56. The highest BCUT2D eigenvalue weighted by atomic mass is 16.4. The summed E-state index contributed by atoms with van der Waals surface area (Å²) in [5.41, 5.74) is 2.44. The number of fused-ring (bicyclic) bond motifs is 1. The Kier molecular flexibility index (Phi) is 2.96. The molecule has 2 heterocycles. The molecule has 1 aromatic rings. The van der Waals surface area contributed by atoms with Gasteiger partial charge in [0.15, 0.2) is 0 Å². The Labute approximate surface area is 106 Å². The molecule has 4 nitrogen and oxygen atoms in total. The average molecular weight is 246 g/mol. The average Bonchev–Trinajstić information content (AvgIpc) is 2.82. The molecule has 0 bridgehead atoms. The Morgan fingerprint density at radius 2 is 2.17 bits per heavy atom. The predicted octanol–water partition coefficient (Wildman–Crippen LogP) is 1.48. The van der Waals surface area contributed by atoms with E-state index in [1.165, 1.54) is 5.56 Å². The maximum atomic E-state index is 11.3. The van der Waals surface area contributed by atoms with Gasteiger partial charge in [-0.1, -0.05) is 18.2 Å². The molecule has 96 valence electrons. The summed E-state index contributed by atoms with van der Waals surface area (Å²) < 4.78 is 0. The van der Waals surface area contributed by atoms with Crippen LogP contribution in [0.2, 0.25) is 0 Å². The lowest BCUT2D eigenvalue weighted by molar-refractivity contribution is -0.143. The molecule has 0 aliphatic carbocycles. The Balaban J connectivity index is 1.78. The van der Waals surface area contributed by atoms with E-state index in [0.29, 0.717) is 0 Å². The first-order valence-electron chi connectivity index (χ1n) is 6.56. The Morgan fingerprint density at radius 3 is 2.94 bits per heavy atom. The van der Waals surface area contributed by atoms with Gasteiger partial charge in [0.05, 0.1) is 5.92 Å². The van der Waals surface area contributed by atoms with Gasteiger partial charge in [0.25, 0.3) is 0 Å². The smallest absolute Gasteiger partial charge is 0.308 e. The molecule has 18 heavy (non-hydrogen) atoms. The van der Waals surface area contributed by atoms with E-state index in [-0.39, 0.29) is 18.0 Å². The summed E-state index contributed by atoms with van der Waals surface area (Å²) in [5.74, 6) is -0.949. The number of hydrogen-bond donors (Lipinski definition) is 3. The van der Waals surface area contributed by atoms with Crippen LogP contribution in [-0.2, 0) is 11.2 Å². The third-order valence-electron chi connectivity index (χ3n) is 4.05. The first kappa shape index (κ1) is 11.5. The zero-order valence-corrected chi connectivity index (χ0v) is 10.2. The Hall–Kier alpha value is -1.55. The molecule has 3 atom stereocenters. The van der Waals surface area contributed by atoms with Crippen LogP contribution in [-0.4, -0.2) is 29.7 Å². The number of para-hydroxylation sites is 1. The third-order valence-corrected chi connectivity index (χ3v) is 4.05. The van der Waals surface area contributed by atoms with Gasteiger partial charge in [0, 0.05) is 17.8 Å². The second-order valence-corrected chi connectivity index (χ2v) is 5.18. The minimum Gasteiger partial charge on any atom is -0.481 e. The van der Waals surface area contributed by atoms with Crippen LogP contribution in [0.3, 0.4) is 0 Å². The van der Waals surface area contributed by atoms with E-state index < -0.39 is 5.97 Å². The molecule has 0 aromatic heterocycles. The van der Waals surface area contributed by atoms with Crippen LogP contribution in [0.1, 0.15) is 18.4 Å². The first-order chi connectivity index (χ1) is 8.75. The summed E-state index contributed by atoms with van der Waals surface area (Å²) in [6.45, 7) is 0.920. The molecule has 3 unspecified atom stereocenters. The number of carboxylic acids is 1. The molecule has 1 aromatic carbocycles. The minimum absolute atomic E-state index is 0.0312. The van der Waals surface area contributed by atoms with Crippen LogP contribution in [0.15, 0.2) is 24.3 Å². The van der Waals surface area contributed by atoms with Crippen molar-refractivity contribution in [3.05, 3.63) is 29.8 Å². The molecule has 0 radical (unpaired) electrons. The molecule has 1 saturated heterocycles. The largest absolute Gasteiger partial charge is 0.481 e. The number of aliphatic carboxylic acids is 1. The van der Waals surface area contributed by atoms with Gasteiger partial charge >= 0.3 is 5.97 Å². The van der Waals surface area contributed by atoms with Gasteiger partial charge in [-0.3, -0.25) is 4.79 Å². The molecule has 3 rings (SSSR count). The van der Waals surface area contributed by atoms with Crippen molar-refractivity contribution in [2.45, 2.75) is 31.3 Å². The number of anilines is 1. The van der Waals surface area contributed by atoms with Crippen LogP contribution >= 0.6 is 0 Å². The van der Waals surface area contributed by atoms with Crippen molar-refractivity contribution in [3.8, 4) is 0 Å². The summed E-state index contributed by atoms with van der Waals surface area (Å²) in [6, 6.07) is 8.45. The number of piperidine rings is 1. The van der Waals surface area contributed by atoms with Crippen molar-refractivity contribution in [3.63, 3.8) is 0 Å². The van der Waals surface area contributed by atoms with Crippen LogP contribution in [0.5, 0.6) is 0 Å². The highest BCUT2D eigenvalue weighted by Crippen LogP contribution is 2.30. The van der Waals surface area contributed by atoms with Crippen molar-refractivity contribution >= 4 is 11.7 Å². The maximum absolute atomic E-state index is 11.3. The fourth-order valence-corrected chi connectivity index (χ4v) is 3.16. The van der Waals surface area contributed by atoms with Crippen molar-refractivity contribution in [2.24, 2.45) is 5.92 Å². The summed E-state index contributed by atoms with van der Waals surface area (Å²) in [7, 11) is 0. The van der Waals surface area contributed by atoms with E-state index in [9.17, 15) is 9.90 Å². The van der Waals surface area contributed by atoms with Crippen molar-refractivity contribution in [1.82, 2.24) is 5.32 Å². The monoisotopic (exact) mass is 246 g/mol. The predicted molar refractivity (Wildman–Crippen MR) is 69.7 cm³/mol. The zero-order valence-electron chi connectivity index (χ0n) is 10.2. The van der Waals surface area contributed by atoms with E-state index in [1.807, 2.05) is 12.1 Å². The van der Waals surface area contributed by atoms with Gasteiger partial charge in [0.2, 0.25) is 0 Å². The maximum Gasteiger partial charge on any atom is 0.308 e. The summed E-state index contributed by atoms with van der Waals surface area (Å²) in [4.78, 5) is 11.3. The number of rotatable bonds is 2. The van der Waals surface area contributed by atoms with Gasteiger partial charge in [-0.05, 0) is 37.4 Å². The molecule has 0 spiro atoms. The van der Waals surface area contributed by atoms with Gasteiger partial charge in [-0.2, -0.15) is 0 Å². The fourth-order valence-electron chi connectivity index (χ4n) is 3.16. The molecular formula is C14H18N2O2. The molecule has 3 N–H and O–H groups in total. The van der Waals surface area contributed by atoms with Crippen molar-refractivity contribution < 1.29 is 9.90 Å². The summed E-state index contributed by atoms with van der Waals surface area (Å²) >= 11 is 0. The van der Waals surface area contributed by atoms with Crippen LogP contribution in [0.4, 0.5) is 5.69 Å². The second-order valence-electron chi connectivity index (χ2n) is 5.18. The summed E-state index contributed by atoms with van der Waals surface area (Å²) in [6.07, 6.45) is 2.65. The number of benzene rings is 1. The quantitative estimate of drug-likeness (QED) is 0.739. The lowest BCUT2D eigenvalue weighted by Gasteiger charge is -2.34. The normalized spacial score (nSPS) is 30.6. The molecule has 2 aliphatic rings. The Bertz CT molecular complexity index is 436. The van der Waals surface area contributed by atoms with Crippen molar-refractivity contribution in [2.75, 3.05) is 11.9 Å². The fraction of sp³-hybridized carbons (Fsp3) is 0.500. The highest BCUT2D eigenvalue weighted by Gasteiger charge is 2.38. The SMILES string of the molecule is O=C(O)C1CCCNC1C1Cc2ccccc2N1. The molecule has 4 heteroatoms. The molecule has 2 aliphatic heterocycles. The number of nitrogens with one attached hydrogen (secondary N) is 2. The molecule has 0 saturated carbocycles. The van der Waals surface area contributed by atoms with Crippen LogP contribution < -0.4 is 10.6 Å². The van der Waals surface area contributed by atoms with Gasteiger partial charge < -0.3 is 15.7 Å². The van der Waals surface area contributed by atoms with E-state index in [1.54, 1.807) is 0 Å². The molecular weight excluding hydrogens is 228 g/mol. The standard InChI is InChI=1S/C14H18N2O2/c17-14(18)10-5-3-7-15-13(10)12-8-9-4-1-2-6-11(9)16-12/h1-2,4,6,10,12-13,15-16H,3,5,7-8H2,(H,17,18). The van der Waals surface area contributed by atoms with E-state index >= 15 is 0 Å². The van der Waals surface area contributed by atoms with Crippen LogP contribution in [0, 0.1) is 5.92 Å². The van der Waals surface area contributed by atoms with E-state index in [2.05, 4.69) is 22.8 Å². The minimum atomic E-state index is -0.676. The summed E-state index contributed by atoms with van der Waals surface area (Å²) in [5, 5.41) is 16.2. The lowest BCUT2D eigenvalue weighted by Crippen LogP contribution is -2.53. The van der Waals surface area contributed by atoms with E-state index in [4.69, 9.17) is 0 Å². The third kappa shape index (κ3) is 1.97.